The zero-order chi connectivity index (χ0) is 39.2. The largest absolute Gasteiger partial charge is 0.489 e. The van der Waals surface area contributed by atoms with Crippen LogP contribution in [0.25, 0.3) is 32.9 Å². The molecule has 0 spiro atoms. The molecule has 0 bridgehead atoms. The summed E-state index contributed by atoms with van der Waals surface area (Å²) in [7, 11) is 0. The molecule has 290 valence electrons. The highest BCUT2D eigenvalue weighted by atomic mass is 16.5. The number of H-pyrrole nitrogens is 1. The van der Waals surface area contributed by atoms with Crippen molar-refractivity contribution >= 4 is 45.2 Å². The fourth-order valence-electron chi connectivity index (χ4n) is 8.31. The van der Waals surface area contributed by atoms with Crippen molar-refractivity contribution in [2.75, 3.05) is 37.6 Å². The van der Waals surface area contributed by atoms with Crippen LogP contribution in [0.15, 0.2) is 91.5 Å². The Kier molecular flexibility index (Phi) is 9.18. The Bertz CT molecular complexity index is 2620. The third kappa shape index (κ3) is 7.07. The van der Waals surface area contributed by atoms with Crippen LogP contribution in [0.1, 0.15) is 47.3 Å². The number of anilines is 1. The summed E-state index contributed by atoms with van der Waals surface area (Å²) in [5.41, 5.74) is 7.57. The number of hydrogen-bond donors (Lipinski definition) is 2. The maximum absolute atomic E-state index is 13.1. The van der Waals surface area contributed by atoms with E-state index in [0.29, 0.717) is 36.6 Å². The molecular formula is C45H40N8O5. The van der Waals surface area contributed by atoms with Crippen LogP contribution in [-0.2, 0) is 16.1 Å². The molecule has 1 atom stereocenters. The van der Waals surface area contributed by atoms with Gasteiger partial charge in [0.2, 0.25) is 17.7 Å². The fourth-order valence-corrected chi connectivity index (χ4v) is 8.31. The first-order valence-electron chi connectivity index (χ1n) is 19.8. The quantitative estimate of drug-likeness (QED) is 0.158. The highest BCUT2D eigenvalue weighted by Crippen LogP contribution is 2.33. The van der Waals surface area contributed by atoms with Gasteiger partial charge in [-0.1, -0.05) is 18.1 Å². The van der Waals surface area contributed by atoms with Crippen molar-refractivity contribution in [3.63, 3.8) is 0 Å². The molecule has 7 heterocycles. The molecule has 13 nitrogen and oxygen atoms in total. The van der Waals surface area contributed by atoms with E-state index in [9.17, 15) is 14.4 Å². The van der Waals surface area contributed by atoms with Crippen LogP contribution in [-0.4, -0.2) is 98.4 Å². The number of nitrogens with one attached hydrogen (secondary N) is 2. The number of fused-ring (bicyclic) bond motifs is 4. The summed E-state index contributed by atoms with van der Waals surface area (Å²) < 4.78 is 12.3. The molecule has 2 aromatic carbocycles. The fraction of sp³-hybridized carbons (Fsp3) is 0.289. The van der Waals surface area contributed by atoms with Crippen molar-refractivity contribution in [1.29, 1.82) is 0 Å². The second-order valence-electron chi connectivity index (χ2n) is 15.3. The zero-order valence-corrected chi connectivity index (χ0v) is 31.7. The standard InChI is InChI=1S/C45H40N8O5/c54-42-11-10-41(44(55)50-42)53-27-30-20-32(6-9-36(30)45(53)56)52-18-16-51(17-19-52)15-1-2-31-5-7-33(25-47-31)57-34-22-35(23-34)58-43-12-4-29(24-48-43)28-3-8-37-38-26-46-14-13-39(38)49-40(37)21-28/h3-9,12-14,20-21,24-26,34-35,41,49H,10-11,15-19,22-23,27H2,(H,50,54,55)/t34-,35-,41?. The lowest BCUT2D eigenvalue weighted by Gasteiger charge is -2.35. The topological polar surface area (TPSA) is 146 Å². The summed E-state index contributed by atoms with van der Waals surface area (Å²) in [6.07, 6.45) is 9.55. The van der Waals surface area contributed by atoms with Crippen LogP contribution in [0.3, 0.4) is 0 Å². The van der Waals surface area contributed by atoms with Gasteiger partial charge in [0.1, 0.15) is 29.7 Å². The van der Waals surface area contributed by atoms with Gasteiger partial charge in [-0.3, -0.25) is 29.6 Å². The molecule has 3 aliphatic heterocycles. The van der Waals surface area contributed by atoms with Gasteiger partial charge in [-0.2, -0.15) is 0 Å². The predicted molar refractivity (Wildman–Crippen MR) is 217 cm³/mol. The van der Waals surface area contributed by atoms with E-state index in [1.807, 2.05) is 54.9 Å². The van der Waals surface area contributed by atoms with Crippen molar-refractivity contribution in [2.45, 2.75) is 50.5 Å². The average Bonchev–Trinajstić information content (AvgIpc) is 3.77. The van der Waals surface area contributed by atoms with Crippen molar-refractivity contribution in [2.24, 2.45) is 0 Å². The third-order valence-electron chi connectivity index (χ3n) is 11.6. The van der Waals surface area contributed by atoms with Gasteiger partial charge in [0.25, 0.3) is 5.91 Å². The normalized spacial score (nSPS) is 20.7. The van der Waals surface area contributed by atoms with E-state index in [-0.39, 0.29) is 30.4 Å². The number of carbonyl (C=O) groups excluding carboxylic acids is 3. The minimum absolute atomic E-state index is 0.0523. The molecule has 58 heavy (non-hydrogen) atoms. The lowest BCUT2D eigenvalue weighted by atomic mass is 9.92. The van der Waals surface area contributed by atoms with E-state index >= 15 is 0 Å². The summed E-state index contributed by atoms with van der Waals surface area (Å²) in [6.45, 7) is 4.43. The summed E-state index contributed by atoms with van der Waals surface area (Å²) >= 11 is 0. The number of piperidine rings is 1. The summed E-state index contributed by atoms with van der Waals surface area (Å²) in [6, 6.07) is 21.5. The highest BCUT2D eigenvalue weighted by Gasteiger charge is 2.39. The van der Waals surface area contributed by atoms with Crippen molar-refractivity contribution in [1.82, 2.24) is 35.1 Å². The minimum Gasteiger partial charge on any atom is -0.489 e. The maximum atomic E-state index is 13.1. The smallest absolute Gasteiger partial charge is 0.255 e. The van der Waals surface area contributed by atoms with E-state index in [1.165, 1.54) is 0 Å². The van der Waals surface area contributed by atoms with Crippen LogP contribution < -0.4 is 19.7 Å². The molecule has 3 amide bonds. The third-order valence-corrected chi connectivity index (χ3v) is 11.6. The van der Waals surface area contributed by atoms with Gasteiger partial charge in [0.05, 0.1) is 12.7 Å². The van der Waals surface area contributed by atoms with Crippen LogP contribution in [0.5, 0.6) is 11.6 Å². The van der Waals surface area contributed by atoms with Gasteiger partial charge in [0, 0.05) is 115 Å². The van der Waals surface area contributed by atoms with Crippen LogP contribution in [0.4, 0.5) is 5.69 Å². The lowest BCUT2D eigenvalue weighted by molar-refractivity contribution is -0.136. The van der Waals surface area contributed by atoms with E-state index in [1.54, 1.807) is 17.3 Å². The van der Waals surface area contributed by atoms with Gasteiger partial charge in [-0.05, 0) is 72.0 Å². The van der Waals surface area contributed by atoms with Gasteiger partial charge < -0.3 is 24.3 Å². The molecule has 1 unspecified atom stereocenters. The maximum Gasteiger partial charge on any atom is 0.255 e. The number of carbonyl (C=O) groups is 3. The molecule has 2 saturated heterocycles. The van der Waals surface area contributed by atoms with Crippen molar-refractivity contribution < 1.29 is 23.9 Å². The molecule has 2 N–H and O–H groups in total. The second-order valence-corrected chi connectivity index (χ2v) is 15.3. The number of nitrogens with zero attached hydrogens (tertiary/aromatic N) is 6. The number of imide groups is 1. The van der Waals surface area contributed by atoms with Gasteiger partial charge >= 0.3 is 0 Å². The van der Waals surface area contributed by atoms with Gasteiger partial charge in [0.15, 0.2) is 0 Å². The Labute approximate surface area is 334 Å². The van der Waals surface area contributed by atoms with Gasteiger partial charge in [-0.15, -0.1) is 0 Å². The van der Waals surface area contributed by atoms with Crippen molar-refractivity contribution in [3.8, 4) is 34.6 Å². The number of aromatic nitrogens is 4. The Morgan fingerprint density at radius 2 is 1.66 bits per heavy atom. The Balaban J connectivity index is 0.655. The SMILES string of the molecule is O=C1CCC(N2Cc3cc(N4CCN(CC#Cc5ccc(O[C@H]6C[C@H](Oc7ccc(-c8ccc9c(c8)[nH]c8ccncc89)cn7)C6)cn5)CC4)ccc3C2=O)C(=O)N1. The second kappa shape index (κ2) is 14.9. The summed E-state index contributed by atoms with van der Waals surface area (Å²) in [4.78, 5) is 60.1. The molecule has 10 rings (SSSR count). The molecule has 6 aromatic rings. The summed E-state index contributed by atoms with van der Waals surface area (Å²) in [5, 5.41) is 4.63. The number of aromatic amines is 1. The Hall–Kier alpha value is -6.78. The molecule has 13 heteroatoms. The number of piperazine rings is 1. The number of amides is 3. The lowest BCUT2D eigenvalue weighted by Crippen LogP contribution is -2.52. The zero-order valence-electron chi connectivity index (χ0n) is 31.7. The average molecular weight is 773 g/mol. The summed E-state index contributed by atoms with van der Waals surface area (Å²) in [5.74, 6) is 6.96. The molecule has 3 fully saturated rings. The van der Waals surface area contributed by atoms with E-state index in [2.05, 4.69) is 71.2 Å². The number of rotatable bonds is 8. The van der Waals surface area contributed by atoms with Crippen LogP contribution in [0, 0.1) is 11.8 Å². The number of ether oxygens (including phenoxy) is 2. The highest BCUT2D eigenvalue weighted by molar-refractivity contribution is 6.08. The van der Waals surface area contributed by atoms with Crippen LogP contribution >= 0.6 is 0 Å². The minimum atomic E-state index is -0.609. The van der Waals surface area contributed by atoms with Gasteiger partial charge in [-0.25, -0.2) is 9.97 Å². The number of pyridine rings is 3. The first-order chi connectivity index (χ1) is 28.4. The van der Waals surface area contributed by atoms with E-state index in [0.717, 1.165) is 89.0 Å². The molecule has 4 aliphatic rings. The molecule has 1 saturated carbocycles. The van der Waals surface area contributed by atoms with Crippen LogP contribution in [0.2, 0.25) is 0 Å². The van der Waals surface area contributed by atoms with Crippen molar-refractivity contribution in [3.05, 3.63) is 108 Å². The molecule has 0 radical (unpaired) electrons. The predicted octanol–water partition coefficient (Wildman–Crippen LogP) is 5.10. The number of benzene rings is 2. The first kappa shape index (κ1) is 35.6. The van der Waals surface area contributed by atoms with E-state index in [4.69, 9.17) is 9.47 Å². The first-order valence-corrected chi connectivity index (χ1v) is 19.8. The Morgan fingerprint density at radius 3 is 2.47 bits per heavy atom. The number of hydrogen-bond acceptors (Lipinski definition) is 10. The monoisotopic (exact) mass is 772 g/mol. The molecule has 1 aliphatic carbocycles. The molecule has 4 aromatic heterocycles. The van der Waals surface area contributed by atoms with E-state index < -0.39 is 11.9 Å². The Morgan fingerprint density at radius 1 is 0.793 bits per heavy atom. The molecular weight excluding hydrogens is 733 g/mol.